The van der Waals surface area contributed by atoms with Crippen LogP contribution in [0.5, 0.6) is 11.5 Å². The third-order valence-corrected chi connectivity index (χ3v) is 3.43. The highest BCUT2D eigenvalue weighted by Crippen LogP contribution is 2.37. The van der Waals surface area contributed by atoms with Gasteiger partial charge in [-0.15, -0.1) is 0 Å². The summed E-state index contributed by atoms with van der Waals surface area (Å²) in [4.78, 5) is 2.31. The average molecular weight is 265 g/mol. The molecule has 1 aliphatic rings. The Hall–Kier alpha value is -1.62. The lowest BCUT2D eigenvalue weighted by molar-refractivity contribution is 0.384. The molecule has 5 nitrogen and oxygen atoms in total. The predicted molar refractivity (Wildman–Crippen MR) is 78.2 cm³/mol. The molecule has 5 heteroatoms. The predicted octanol–water partition coefficient (Wildman–Crippen LogP) is 1.47. The van der Waals surface area contributed by atoms with Crippen molar-refractivity contribution in [1.82, 2.24) is 5.32 Å². The minimum atomic E-state index is 0.441. The van der Waals surface area contributed by atoms with Gasteiger partial charge in [-0.2, -0.15) is 0 Å². The van der Waals surface area contributed by atoms with Crippen molar-refractivity contribution in [2.24, 2.45) is 0 Å². The number of piperazine rings is 1. The van der Waals surface area contributed by atoms with Gasteiger partial charge in [-0.1, -0.05) is 0 Å². The van der Waals surface area contributed by atoms with Crippen molar-refractivity contribution in [2.75, 3.05) is 37.9 Å². The van der Waals surface area contributed by atoms with Crippen LogP contribution >= 0.6 is 0 Å². The monoisotopic (exact) mass is 265 g/mol. The summed E-state index contributed by atoms with van der Waals surface area (Å²) in [7, 11) is 3.28. The Labute approximate surface area is 114 Å². The van der Waals surface area contributed by atoms with Gasteiger partial charge in [0.1, 0.15) is 11.5 Å². The van der Waals surface area contributed by atoms with Crippen molar-refractivity contribution in [3.05, 3.63) is 12.1 Å². The maximum Gasteiger partial charge on any atom is 0.146 e. The van der Waals surface area contributed by atoms with Crippen molar-refractivity contribution < 1.29 is 9.47 Å². The van der Waals surface area contributed by atoms with E-state index in [0.717, 1.165) is 24.5 Å². The van der Waals surface area contributed by atoms with Gasteiger partial charge >= 0.3 is 0 Å². The molecule has 0 unspecified atom stereocenters. The highest BCUT2D eigenvalue weighted by molar-refractivity contribution is 5.71. The highest BCUT2D eigenvalue weighted by Gasteiger charge is 2.24. The summed E-state index contributed by atoms with van der Waals surface area (Å²) in [6.45, 7) is 6.24. The molecule has 0 radical (unpaired) electrons. The van der Waals surface area contributed by atoms with E-state index in [4.69, 9.17) is 15.2 Å². The van der Waals surface area contributed by atoms with Gasteiger partial charge in [0.25, 0.3) is 0 Å². The SMILES string of the molecule is COc1cc(OC)c(N2C[C@@H](C)N[C@@H](C)C2)cc1N. The first kappa shape index (κ1) is 13.8. The maximum absolute atomic E-state index is 6.01. The Balaban J connectivity index is 2.35. The molecule has 2 atom stereocenters. The number of rotatable bonds is 3. The van der Waals surface area contributed by atoms with E-state index < -0.39 is 0 Å². The van der Waals surface area contributed by atoms with Crippen LogP contribution in [-0.2, 0) is 0 Å². The van der Waals surface area contributed by atoms with Crippen LogP contribution in [0.1, 0.15) is 13.8 Å². The van der Waals surface area contributed by atoms with Gasteiger partial charge in [-0.05, 0) is 19.9 Å². The molecule has 1 aromatic carbocycles. The molecule has 1 aliphatic heterocycles. The molecule has 2 rings (SSSR count). The molecule has 3 N–H and O–H groups in total. The average Bonchev–Trinajstić information content (AvgIpc) is 2.37. The normalized spacial score (nSPS) is 23.3. The Morgan fingerprint density at radius 1 is 1.11 bits per heavy atom. The van der Waals surface area contributed by atoms with E-state index in [-0.39, 0.29) is 0 Å². The first-order valence-electron chi connectivity index (χ1n) is 6.57. The van der Waals surface area contributed by atoms with E-state index in [1.807, 2.05) is 12.1 Å². The van der Waals surface area contributed by atoms with Crippen LogP contribution < -0.4 is 25.4 Å². The largest absolute Gasteiger partial charge is 0.494 e. The first-order chi connectivity index (χ1) is 9.05. The van der Waals surface area contributed by atoms with Crippen LogP contribution in [0.15, 0.2) is 12.1 Å². The van der Waals surface area contributed by atoms with Crippen molar-refractivity contribution in [1.29, 1.82) is 0 Å². The van der Waals surface area contributed by atoms with Crippen LogP contribution in [-0.4, -0.2) is 39.4 Å². The number of methoxy groups -OCH3 is 2. The van der Waals surface area contributed by atoms with E-state index in [9.17, 15) is 0 Å². The van der Waals surface area contributed by atoms with Crippen molar-refractivity contribution in [3.63, 3.8) is 0 Å². The zero-order valence-corrected chi connectivity index (χ0v) is 12.1. The second-order valence-electron chi connectivity index (χ2n) is 5.14. The third-order valence-electron chi connectivity index (χ3n) is 3.43. The minimum Gasteiger partial charge on any atom is -0.494 e. The van der Waals surface area contributed by atoms with Gasteiger partial charge in [-0.25, -0.2) is 0 Å². The molecular formula is C14H23N3O2. The summed E-state index contributed by atoms with van der Waals surface area (Å²) in [6.07, 6.45) is 0. The fourth-order valence-corrected chi connectivity index (χ4v) is 2.68. The van der Waals surface area contributed by atoms with Gasteiger partial charge in [0.15, 0.2) is 0 Å². The lowest BCUT2D eigenvalue weighted by atomic mass is 10.1. The highest BCUT2D eigenvalue weighted by atomic mass is 16.5. The molecule has 0 amide bonds. The van der Waals surface area contributed by atoms with E-state index in [1.165, 1.54) is 0 Å². The van der Waals surface area contributed by atoms with E-state index in [1.54, 1.807) is 14.2 Å². The molecule has 1 fully saturated rings. The summed E-state index contributed by atoms with van der Waals surface area (Å²) in [5.41, 5.74) is 7.67. The third kappa shape index (κ3) is 2.87. The van der Waals surface area contributed by atoms with Crippen LogP contribution in [0.2, 0.25) is 0 Å². The van der Waals surface area contributed by atoms with Crippen molar-refractivity contribution in [3.8, 4) is 11.5 Å². The van der Waals surface area contributed by atoms with E-state index in [2.05, 4.69) is 24.1 Å². The lowest BCUT2D eigenvalue weighted by Crippen LogP contribution is -2.54. The van der Waals surface area contributed by atoms with Gasteiger partial charge in [0, 0.05) is 31.2 Å². The van der Waals surface area contributed by atoms with Crippen molar-refractivity contribution in [2.45, 2.75) is 25.9 Å². The maximum atomic E-state index is 6.01. The fourth-order valence-electron chi connectivity index (χ4n) is 2.68. The Morgan fingerprint density at radius 3 is 2.21 bits per heavy atom. The van der Waals surface area contributed by atoms with E-state index >= 15 is 0 Å². The standard InChI is InChI=1S/C14H23N3O2/c1-9-7-17(8-10(2)16-9)12-5-11(15)13(18-3)6-14(12)19-4/h5-6,9-10,16H,7-8,15H2,1-4H3/t9-,10+. The summed E-state index contributed by atoms with van der Waals surface area (Å²) >= 11 is 0. The summed E-state index contributed by atoms with van der Waals surface area (Å²) in [5, 5.41) is 3.52. The number of nitrogens with two attached hydrogens (primary N) is 1. The molecule has 1 saturated heterocycles. The zero-order valence-electron chi connectivity index (χ0n) is 12.1. The summed E-state index contributed by atoms with van der Waals surface area (Å²) in [5.74, 6) is 1.45. The quantitative estimate of drug-likeness (QED) is 0.811. The Morgan fingerprint density at radius 2 is 1.68 bits per heavy atom. The molecule has 0 bridgehead atoms. The van der Waals surface area contributed by atoms with E-state index in [0.29, 0.717) is 23.5 Å². The second-order valence-corrected chi connectivity index (χ2v) is 5.14. The topological polar surface area (TPSA) is 59.8 Å². The van der Waals surface area contributed by atoms with Crippen LogP contribution in [0, 0.1) is 0 Å². The second kappa shape index (κ2) is 5.57. The number of hydrogen-bond donors (Lipinski definition) is 2. The number of benzene rings is 1. The number of nitrogens with one attached hydrogen (secondary N) is 1. The van der Waals surface area contributed by atoms with Gasteiger partial charge in [0.05, 0.1) is 25.6 Å². The molecule has 19 heavy (non-hydrogen) atoms. The molecule has 0 saturated carbocycles. The van der Waals surface area contributed by atoms with Crippen LogP contribution in [0.4, 0.5) is 11.4 Å². The zero-order chi connectivity index (χ0) is 14.0. The summed E-state index contributed by atoms with van der Waals surface area (Å²) in [6, 6.07) is 4.67. The number of nitrogen functional groups attached to an aromatic ring is 1. The Bertz CT molecular complexity index is 441. The fraction of sp³-hybridized carbons (Fsp3) is 0.571. The lowest BCUT2D eigenvalue weighted by Gasteiger charge is -2.38. The molecule has 1 heterocycles. The minimum absolute atomic E-state index is 0.441. The Kier molecular flexibility index (Phi) is 4.04. The molecule has 106 valence electrons. The van der Waals surface area contributed by atoms with Gasteiger partial charge < -0.3 is 25.4 Å². The number of anilines is 2. The van der Waals surface area contributed by atoms with Gasteiger partial charge in [-0.3, -0.25) is 0 Å². The number of hydrogen-bond acceptors (Lipinski definition) is 5. The number of ether oxygens (including phenoxy) is 2. The molecule has 0 aliphatic carbocycles. The smallest absolute Gasteiger partial charge is 0.146 e. The molecule has 0 aromatic heterocycles. The van der Waals surface area contributed by atoms with Crippen LogP contribution in [0.3, 0.4) is 0 Å². The molecule has 1 aromatic rings. The first-order valence-corrected chi connectivity index (χ1v) is 6.57. The van der Waals surface area contributed by atoms with Gasteiger partial charge in [0.2, 0.25) is 0 Å². The molecule has 0 spiro atoms. The summed E-state index contributed by atoms with van der Waals surface area (Å²) < 4.78 is 10.7. The van der Waals surface area contributed by atoms with Crippen molar-refractivity contribution >= 4 is 11.4 Å². The number of nitrogens with zero attached hydrogens (tertiary/aromatic N) is 1. The van der Waals surface area contributed by atoms with Crippen LogP contribution in [0.25, 0.3) is 0 Å². The molecular weight excluding hydrogens is 242 g/mol.